The molecule has 31 heavy (non-hydrogen) atoms. The van der Waals surface area contributed by atoms with Crippen molar-refractivity contribution in [2.75, 3.05) is 31.1 Å². The van der Waals surface area contributed by atoms with E-state index in [1.807, 2.05) is 4.90 Å². The van der Waals surface area contributed by atoms with Gasteiger partial charge in [-0.25, -0.2) is 14.4 Å². The van der Waals surface area contributed by atoms with Crippen LogP contribution < -0.4 is 15.0 Å². The number of carbonyl (C=O) groups is 2. The number of hydrogen-bond donors (Lipinski definition) is 1. The molecular formula is C22H31FN4O4. The molecule has 8 nitrogen and oxygen atoms in total. The fourth-order valence-electron chi connectivity index (χ4n) is 3.94. The molecule has 2 fully saturated rings. The Morgan fingerprint density at radius 3 is 2.65 bits per heavy atom. The Morgan fingerprint density at radius 2 is 2.03 bits per heavy atom. The number of halogens is 1. The molecule has 1 amide bonds. The fourth-order valence-corrected chi connectivity index (χ4v) is 3.94. The van der Waals surface area contributed by atoms with Crippen molar-refractivity contribution in [3.8, 4) is 5.75 Å². The molecule has 1 spiro atoms. The third-order valence-corrected chi connectivity index (χ3v) is 5.49. The largest absolute Gasteiger partial charge is 0.486 e. The van der Waals surface area contributed by atoms with Crippen molar-refractivity contribution in [1.29, 1.82) is 0 Å². The van der Waals surface area contributed by atoms with Crippen molar-refractivity contribution in [3.05, 3.63) is 24.3 Å². The average molecular weight is 435 g/mol. The minimum absolute atomic E-state index is 0.00496. The predicted molar refractivity (Wildman–Crippen MR) is 113 cm³/mol. The van der Waals surface area contributed by atoms with Gasteiger partial charge in [0.1, 0.15) is 12.2 Å². The Kier molecular flexibility index (Phi) is 7.12. The van der Waals surface area contributed by atoms with E-state index in [0.29, 0.717) is 30.1 Å². The summed E-state index contributed by atoms with van der Waals surface area (Å²) >= 11 is 0. The lowest BCUT2D eigenvalue weighted by Crippen LogP contribution is -2.47. The maximum atomic E-state index is 13.2. The summed E-state index contributed by atoms with van der Waals surface area (Å²) < 4.78 is 24.0. The first-order valence-electron chi connectivity index (χ1n) is 10.7. The number of ether oxygens (including phenoxy) is 2. The third kappa shape index (κ3) is 6.15. The Morgan fingerprint density at radius 1 is 1.29 bits per heavy atom. The highest BCUT2D eigenvalue weighted by Crippen LogP contribution is 2.37. The quantitative estimate of drug-likeness (QED) is 0.660. The SMILES string of the molecule is CC(C)(C)OC(=O)CC/C(=C\F)COc1cnc(N2CCCC3(CCNC3=O)C2)nc1. The zero-order chi connectivity index (χ0) is 22.5. The first-order chi connectivity index (χ1) is 14.7. The molecule has 0 bridgehead atoms. The van der Waals surface area contributed by atoms with Gasteiger partial charge in [0.05, 0.1) is 24.1 Å². The Labute approximate surface area is 182 Å². The molecule has 1 aromatic heterocycles. The van der Waals surface area contributed by atoms with Gasteiger partial charge in [-0.05, 0) is 52.0 Å². The monoisotopic (exact) mass is 434 g/mol. The topological polar surface area (TPSA) is 93.7 Å². The highest BCUT2D eigenvalue weighted by atomic mass is 19.1. The summed E-state index contributed by atoms with van der Waals surface area (Å²) in [5, 5.41) is 2.93. The van der Waals surface area contributed by atoms with Crippen LogP contribution in [0.4, 0.5) is 10.3 Å². The maximum absolute atomic E-state index is 13.2. The second kappa shape index (κ2) is 9.62. The molecule has 170 valence electrons. The lowest BCUT2D eigenvalue weighted by molar-refractivity contribution is -0.154. The van der Waals surface area contributed by atoms with Gasteiger partial charge in [0, 0.05) is 26.1 Å². The zero-order valence-corrected chi connectivity index (χ0v) is 18.4. The molecule has 1 N–H and O–H groups in total. The zero-order valence-electron chi connectivity index (χ0n) is 18.4. The molecule has 0 saturated carbocycles. The summed E-state index contributed by atoms with van der Waals surface area (Å²) in [7, 11) is 0. The molecule has 2 saturated heterocycles. The average Bonchev–Trinajstić information content (AvgIpc) is 3.06. The van der Waals surface area contributed by atoms with E-state index in [9.17, 15) is 14.0 Å². The number of aromatic nitrogens is 2. The third-order valence-electron chi connectivity index (χ3n) is 5.49. The second-order valence-electron chi connectivity index (χ2n) is 9.17. The minimum atomic E-state index is -0.568. The summed E-state index contributed by atoms with van der Waals surface area (Å²) in [6, 6.07) is 0. The van der Waals surface area contributed by atoms with Crippen LogP contribution in [0.15, 0.2) is 24.3 Å². The number of rotatable bonds is 7. The van der Waals surface area contributed by atoms with Crippen LogP contribution in [0.1, 0.15) is 52.9 Å². The molecule has 9 heteroatoms. The molecule has 0 radical (unpaired) electrons. The molecule has 0 aromatic carbocycles. The van der Waals surface area contributed by atoms with E-state index < -0.39 is 5.60 Å². The number of nitrogens with one attached hydrogen (secondary N) is 1. The predicted octanol–water partition coefficient (Wildman–Crippen LogP) is 2.94. The van der Waals surface area contributed by atoms with Gasteiger partial charge in [-0.2, -0.15) is 0 Å². The molecule has 1 atom stereocenters. The van der Waals surface area contributed by atoms with E-state index in [-0.39, 0.29) is 36.7 Å². The molecule has 1 unspecified atom stereocenters. The number of anilines is 1. The van der Waals surface area contributed by atoms with Gasteiger partial charge in [0.2, 0.25) is 11.9 Å². The van der Waals surface area contributed by atoms with Gasteiger partial charge in [0.15, 0.2) is 5.75 Å². The normalized spacial score (nSPS) is 21.9. The summed E-state index contributed by atoms with van der Waals surface area (Å²) in [6.45, 7) is 7.49. The smallest absolute Gasteiger partial charge is 0.306 e. The van der Waals surface area contributed by atoms with Crippen molar-refractivity contribution < 1.29 is 23.5 Å². The van der Waals surface area contributed by atoms with Gasteiger partial charge in [-0.15, -0.1) is 0 Å². The van der Waals surface area contributed by atoms with Crippen molar-refractivity contribution in [2.45, 2.75) is 58.5 Å². The highest BCUT2D eigenvalue weighted by molar-refractivity contribution is 5.85. The molecule has 3 rings (SSSR count). The second-order valence-corrected chi connectivity index (χ2v) is 9.17. The van der Waals surface area contributed by atoms with Crippen molar-refractivity contribution in [2.24, 2.45) is 5.41 Å². The summed E-state index contributed by atoms with van der Waals surface area (Å²) in [4.78, 5) is 34.8. The first kappa shape index (κ1) is 23.0. The van der Waals surface area contributed by atoms with Gasteiger partial charge in [-0.1, -0.05) is 0 Å². The number of piperidine rings is 1. The molecular weight excluding hydrogens is 403 g/mol. The van der Waals surface area contributed by atoms with Gasteiger partial charge < -0.3 is 19.7 Å². The number of carbonyl (C=O) groups excluding carboxylic acids is 2. The number of amides is 1. The molecule has 0 aliphatic carbocycles. The van der Waals surface area contributed by atoms with E-state index in [2.05, 4.69) is 15.3 Å². The molecule has 2 aliphatic heterocycles. The Balaban J connectivity index is 1.50. The standard InChI is InChI=1S/C22H31FN4O4/c1-21(2,3)31-18(28)6-5-16(11-23)14-30-17-12-25-20(26-13-17)27-10-4-7-22(15-27)8-9-24-19(22)29/h11-13H,4-10,14-15H2,1-3H3,(H,24,29)/b16-11+. The van der Waals surface area contributed by atoms with E-state index in [4.69, 9.17) is 9.47 Å². The van der Waals surface area contributed by atoms with Crippen LogP contribution >= 0.6 is 0 Å². The van der Waals surface area contributed by atoms with E-state index in [1.54, 1.807) is 33.2 Å². The number of hydrogen-bond acceptors (Lipinski definition) is 7. The van der Waals surface area contributed by atoms with Crippen LogP contribution in [-0.4, -0.2) is 53.7 Å². The van der Waals surface area contributed by atoms with Crippen LogP contribution in [-0.2, 0) is 14.3 Å². The summed E-state index contributed by atoms with van der Waals surface area (Å²) in [6.07, 6.45) is 6.47. The van der Waals surface area contributed by atoms with E-state index in [0.717, 1.165) is 32.4 Å². The maximum Gasteiger partial charge on any atom is 0.306 e. The number of nitrogens with zero attached hydrogens (tertiary/aromatic N) is 3. The lowest BCUT2D eigenvalue weighted by atomic mass is 9.78. The van der Waals surface area contributed by atoms with Crippen LogP contribution in [0.5, 0.6) is 5.75 Å². The van der Waals surface area contributed by atoms with Crippen molar-refractivity contribution >= 4 is 17.8 Å². The Hall–Kier alpha value is -2.71. The Bertz CT molecular complexity index is 822. The van der Waals surface area contributed by atoms with Gasteiger partial charge in [0.25, 0.3) is 0 Å². The first-order valence-corrected chi connectivity index (χ1v) is 10.7. The lowest BCUT2D eigenvalue weighted by Gasteiger charge is -2.38. The van der Waals surface area contributed by atoms with Gasteiger partial charge >= 0.3 is 5.97 Å². The van der Waals surface area contributed by atoms with Crippen LogP contribution in [0.25, 0.3) is 0 Å². The highest BCUT2D eigenvalue weighted by Gasteiger charge is 2.45. The minimum Gasteiger partial charge on any atom is -0.486 e. The van der Waals surface area contributed by atoms with E-state index in [1.165, 1.54) is 0 Å². The van der Waals surface area contributed by atoms with Crippen molar-refractivity contribution in [1.82, 2.24) is 15.3 Å². The molecule has 1 aromatic rings. The van der Waals surface area contributed by atoms with Crippen LogP contribution in [0.2, 0.25) is 0 Å². The van der Waals surface area contributed by atoms with Crippen molar-refractivity contribution in [3.63, 3.8) is 0 Å². The summed E-state index contributed by atoms with van der Waals surface area (Å²) in [5.74, 6) is 0.701. The number of esters is 1. The summed E-state index contributed by atoms with van der Waals surface area (Å²) in [5.41, 5.74) is -0.562. The van der Waals surface area contributed by atoms with E-state index >= 15 is 0 Å². The molecule has 2 aliphatic rings. The van der Waals surface area contributed by atoms with Crippen LogP contribution in [0, 0.1) is 5.41 Å². The fraction of sp³-hybridized carbons (Fsp3) is 0.636. The molecule has 3 heterocycles. The van der Waals surface area contributed by atoms with Crippen LogP contribution in [0.3, 0.4) is 0 Å². The van der Waals surface area contributed by atoms with Gasteiger partial charge in [-0.3, -0.25) is 9.59 Å².